The summed E-state index contributed by atoms with van der Waals surface area (Å²) in [6, 6.07) is 8.62. The Kier molecular flexibility index (Phi) is 4.77. The van der Waals surface area contributed by atoms with E-state index in [2.05, 4.69) is 31.2 Å². The van der Waals surface area contributed by atoms with Crippen LogP contribution in [0.25, 0.3) is 0 Å². The first kappa shape index (κ1) is 14.8. The molecule has 1 aromatic rings. The smallest absolute Gasteiger partial charge is 0.136 e. The Bertz CT molecular complexity index is 482. The zero-order valence-corrected chi connectivity index (χ0v) is 13.3. The fraction of sp³-hybridized carbons (Fsp3) is 0.650. The van der Waals surface area contributed by atoms with Crippen molar-refractivity contribution in [3.63, 3.8) is 0 Å². The molecule has 0 N–H and O–H groups in total. The largest absolute Gasteiger partial charge is 0.299 e. The van der Waals surface area contributed by atoms with Gasteiger partial charge in [-0.25, -0.2) is 0 Å². The highest BCUT2D eigenvalue weighted by atomic mass is 16.1. The van der Waals surface area contributed by atoms with E-state index in [1.54, 1.807) is 0 Å². The summed E-state index contributed by atoms with van der Waals surface area (Å²) in [7, 11) is 0. The average Bonchev–Trinajstić information content (AvgIpc) is 2.51. The molecule has 0 bridgehead atoms. The second-order valence-electron chi connectivity index (χ2n) is 7.13. The normalized spacial score (nSPS) is 27.8. The van der Waals surface area contributed by atoms with E-state index in [9.17, 15) is 4.79 Å². The standard InChI is InChI=1S/C20H28O/c1-2-3-6-15-9-11-16(12-10-15)20(21)14-18-13-17-7-4-5-8-19(17)18/h4-5,7-8,15-16,18H,2-3,6,9-14H2,1H3. The maximum atomic E-state index is 12.5. The monoisotopic (exact) mass is 284 g/mol. The quantitative estimate of drug-likeness (QED) is 0.694. The van der Waals surface area contributed by atoms with Gasteiger partial charge in [-0.3, -0.25) is 4.79 Å². The Morgan fingerprint density at radius 1 is 1.14 bits per heavy atom. The molecule has 1 heteroatoms. The summed E-state index contributed by atoms with van der Waals surface area (Å²) in [6.45, 7) is 2.27. The van der Waals surface area contributed by atoms with E-state index >= 15 is 0 Å². The van der Waals surface area contributed by atoms with Gasteiger partial charge < -0.3 is 0 Å². The van der Waals surface area contributed by atoms with E-state index in [-0.39, 0.29) is 0 Å². The van der Waals surface area contributed by atoms with E-state index in [1.807, 2.05) is 0 Å². The first-order chi connectivity index (χ1) is 10.3. The number of Topliss-reactive ketones (excluding diaryl/α,β-unsaturated/α-hetero) is 1. The maximum absolute atomic E-state index is 12.5. The number of benzene rings is 1. The van der Waals surface area contributed by atoms with Crippen molar-refractivity contribution in [2.45, 2.75) is 70.6 Å². The Balaban J connectivity index is 1.45. The van der Waals surface area contributed by atoms with Gasteiger partial charge >= 0.3 is 0 Å². The third-order valence-electron chi connectivity index (χ3n) is 5.68. The highest BCUT2D eigenvalue weighted by Gasteiger charge is 2.31. The summed E-state index contributed by atoms with van der Waals surface area (Å²) in [5.74, 6) is 2.34. The van der Waals surface area contributed by atoms with Crippen LogP contribution in [0.4, 0.5) is 0 Å². The van der Waals surface area contributed by atoms with Crippen molar-refractivity contribution < 1.29 is 4.79 Å². The highest BCUT2D eigenvalue weighted by molar-refractivity contribution is 5.82. The molecule has 2 aliphatic carbocycles. The lowest BCUT2D eigenvalue weighted by Gasteiger charge is -2.32. The van der Waals surface area contributed by atoms with Crippen molar-refractivity contribution in [2.24, 2.45) is 11.8 Å². The first-order valence-electron chi connectivity index (χ1n) is 8.88. The van der Waals surface area contributed by atoms with Crippen LogP contribution in [0.5, 0.6) is 0 Å². The SMILES string of the molecule is CCCCC1CCC(C(=O)CC2Cc3ccccc32)CC1. The summed E-state index contributed by atoms with van der Waals surface area (Å²) in [4.78, 5) is 12.5. The molecule has 0 amide bonds. The molecule has 0 aromatic heterocycles. The number of unbranched alkanes of at least 4 members (excludes halogenated alkanes) is 1. The molecule has 3 rings (SSSR count). The van der Waals surface area contributed by atoms with Gasteiger partial charge in [-0.15, -0.1) is 0 Å². The van der Waals surface area contributed by atoms with Gasteiger partial charge in [0.15, 0.2) is 0 Å². The molecule has 1 aromatic carbocycles. The Morgan fingerprint density at radius 3 is 2.62 bits per heavy atom. The maximum Gasteiger partial charge on any atom is 0.136 e. The van der Waals surface area contributed by atoms with Crippen LogP contribution in [0.15, 0.2) is 24.3 Å². The fourth-order valence-corrected chi connectivity index (χ4v) is 4.22. The average molecular weight is 284 g/mol. The van der Waals surface area contributed by atoms with Gasteiger partial charge in [0.25, 0.3) is 0 Å². The van der Waals surface area contributed by atoms with E-state index in [4.69, 9.17) is 0 Å². The van der Waals surface area contributed by atoms with Crippen molar-refractivity contribution in [1.82, 2.24) is 0 Å². The number of ketones is 1. The molecule has 0 aliphatic heterocycles. The van der Waals surface area contributed by atoms with Crippen LogP contribution in [0.3, 0.4) is 0 Å². The van der Waals surface area contributed by atoms with Gasteiger partial charge in [0.2, 0.25) is 0 Å². The molecule has 21 heavy (non-hydrogen) atoms. The second kappa shape index (κ2) is 6.77. The minimum Gasteiger partial charge on any atom is -0.299 e. The lowest BCUT2D eigenvalue weighted by atomic mass is 9.71. The van der Waals surface area contributed by atoms with Crippen LogP contribution in [-0.2, 0) is 11.2 Å². The predicted molar refractivity (Wildman–Crippen MR) is 87.5 cm³/mol. The van der Waals surface area contributed by atoms with Gasteiger partial charge in [0, 0.05) is 12.3 Å². The van der Waals surface area contributed by atoms with Crippen molar-refractivity contribution in [2.75, 3.05) is 0 Å². The molecule has 1 atom stereocenters. The van der Waals surface area contributed by atoms with Crippen molar-refractivity contribution in [3.05, 3.63) is 35.4 Å². The van der Waals surface area contributed by atoms with Crippen LogP contribution in [-0.4, -0.2) is 5.78 Å². The first-order valence-corrected chi connectivity index (χ1v) is 8.88. The van der Waals surface area contributed by atoms with Crippen LogP contribution in [0.1, 0.15) is 75.3 Å². The molecule has 0 radical (unpaired) electrons. The van der Waals surface area contributed by atoms with Gasteiger partial charge in [0.1, 0.15) is 5.78 Å². The zero-order chi connectivity index (χ0) is 14.7. The van der Waals surface area contributed by atoms with Crippen molar-refractivity contribution in [1.29, 1.82) is 0 Å². The van der Waals surface area contributed by atoms with Crippen LogP contribution < -0.4 is 0 Å². The Hall–Kier alpha value is -1.11. The van der Waals surface area contributed by atoms with Crippen LogP contribution >= 0.6 is 0 Å². The van der Waals surface area contributed by atoms with E-state index in [0.29, 0.717) is 17.6 Å². The lowest BCUT2D eigenvalue weighted by molar-refractivity contribution is -0.124. The number of fused-ring (bicyclic) bond motifs is 1. The van der Waals surface area contributed by atoms with E-state index < -0.39 is 0 Å². The topological polar surface area (TPSA) is 17.1 Å². The van der Waals surface area contributed by atoms with Crippen molar-refractivity contribution in [3.8, 4) is 0 Å². The zero-order valence-electron chi connectivity index (χ0n) is 13.3. The second-order valence-corrected chi connectivity index (χ2v) is 7.13. The molecular weight excluding hydrogens is 256 g/mol. The van der Waals surface area contributed by atoms with Gasteiger partial charge in [-0.2, -0.15) is 0 Å². The number of carbonyl (C=O) groups is 1. The van der Waals surface area contributed by atoms with E-state index in [0.717, 1.165) is 31.6 Å². The number of carbonyl (C=O) groups excluding carboxylic acids is 1. The molecular formula is C20H28O. The summed E-state index contributed by atoms with van der Waals surface area (Å²) in [5, 5.41) is 0. The summed E-state index contributed by atoms with van der Waals surface area (Å²) >= 11 is 0. The van der Waals surface area contributed by atoms with Crippen LogP contribution in [0, 0.1) is 11.8 Å². The fourth-order valence-electron chi connectivity index (χ4n) is 4.22. The molecule has 0 spiro atoms. The summed E-state index contributed by atoms with van der Waals surface area (Å²) < 4.78 is 0. The molecule has 1 fully saturated rings. The molecule has 1 nitrogen and oxygen atoms in total. The highest BCUT2D eigenvalue weighted by Crippen LogP contribution is 2.40. The Labute approximate surface area is 129 Å². The minimum atomic E-state index is 0.371. The molecule has 114 valence electrons. The van der Waals surface area contributed by atoms with E-state index in [1.165, 1.54) is 43.2 Å². The van der Waals surface area contributed by atoms with Gasteiger partial charge in [0.05, 0.1) is 0 Å². The lowest BCUT2D eigenvalue weighted by Crippen LogP contribution is -2.26. The van der Waals surface area contributed by atoms with Crippen molar-refractivity contribution >= 4 is 5.78 Å². The summed E-state index contributed by atoms with van der Waals surface area (Å²) in [5.41, 5.74) is 2.89. The summed E-state index contributed by atoms with van der Waals surface area (Å²) in [6.07, 6.45) is 10.9. The van der Waals surface area contributed by atoms with Gasteiger partial charge in [-0.1, -0.05) is 50.5 Å². The molecule has 2 aliphatic rings. The number of rotatable bonds is 6. The third kappa shape index (κ3) is 3.39. The third-order valence-corrected chi connectivity index (χ3v) is 5.68. The number of hydrogen-bond acceptors (Lipinski definition) is 1. The number of hydrogen-bond donors (Lipinski definition) is 0. The molecule has 0 heterocycles. The minimum absolute atomic E-state index is 0.371. The van der Waals surface area contributed by atoms with Crippen LogP contribution in [0.2, 0.25) is 0 Å². The molecule has 1 unspecified atom stereocenters. The molecule has 1 saturated carbocycles. The predicted octanol–water partition coefficient (Wildman–Crippen LogP) is 5.28. The Morgan fingerprint density at radius 2 is 1.90 bits per heavy atom. The van der Waals surface area contributed by atoms with Gasteiger partial charge in [-0.05, 0) is 55.1 Å². The molecule has 0 saturated heterocycles.